The summed E-state index contributed by atoms with van der Waals surface area (Å²) < 4.78 is 10.3. The van der Waals surface area contributed by atoms with Crippen LogP contribution in [0.25, 0.3) is 0 Å². The van der Waals surface area contributed by atoms with E-state index in [0.717, 1.165) is 36.8 Å². The predicted octanol–water partition coefficient (Wildman–Crippen LogP) is 4.29. The van der Waals surface area contributed by atoms with E-state index in [1.54, 1.807) is 36.4 Å². The van der Waals surface area contributed by atoms with E-state index in [1.807, 2.05) is 6.08 Å². The van der Waals surface area contributed by atoms with Gasteiger partial charge in [0, 0.05) is 13.5 Å². The molecular weight excluding hydrogens is 474 g/mol. The summed E-state index contributed by atoms with van der Waals surface area (Å²) >= 11 is 0. The molecule has 0 saturated heterocycles. The number of unbranched alkanes of at least 4 members (excludes halogenated alkanes) is 2. The van der Waals surface area contributed by atoms with Gasteiger partial charge in [-0.05, 0) is 66.6 Å². The number of benzene rings is 2. The maximum absolute atomic E-state index is 12.6. The maximum Gasteiger partial charge on any atom is 0.192 e. The number of phenols is 2. The molecule has 0 amide bonds. The predicted molar refractivity (Wildman–Crippen MR) is 145 cm³/mol. The molecule has 0 aliphatic rings. The quantitative estimate of drug-likeness (QED) is 0.0592. The molecule has 0 saturated carbocycles. The van der Waals surface area contributed by atoms with Crippen molar-refractivity contribution >= 4 is 17.4 Å². The number of anilines is 1. The van der Waals surface area contributed by atoms with Crippen LogP contribution in [0.4, 0.5) is 5.69 Å². The van der Waals surface area contributed by atoms with Crippen LogP contribution in [0.1, 0.15) is 50.2 Å². The number of nitrogens with two attached hydrogens (primary N) is 1. The molecule has 0 radical (unpaired) electrons. The number of aliphatic imine (C=N–C) groups is 1. The number of carbonyl (C=O) groups is 1. The number of carbonyl (C=O) groups excluding carboxylic acids is 1. The van der Waals surface area contributed by atoms with E-state index in [4.69, 9.17) is 15.2 Å². The van der Waals surface area contributed by atoms with Crippen molar-refractivity contribution in [2.75, 3.05) is 26.3 Å². The van der Waals surface area contributed by atoms with Crippen LogP contribution < -0.4 is 20.5 Å². The number of aliphatic hydroxyl groups excluding tert-OH is 1. The second-order valence-corrected chi connectivity index (χ2v) is 8.79. The van der Waals surface area contributed by atoms with Crippen molar-refractivity contribution in [3.63, 3.8) is 0 Å². The number of aliphatic hydroxyl groups is 1. The van der Waals surface area contributed by atoms with Gasteiger partial charge in [-0.2, -0.15) is 0 Å². The summed E-state index contributed by atoms with van der Waals surface area (Å²) in [6.07, 6.45) is 9.15. The Kier molecular flexibility index (Phi) is 12.3. The number of ether oxygens (including phenoxy) is 2. The van der Waals surface area contributed by atoms with E-state index >= 15 is 0 Å². The molecule has 0 aliphatic heterocycles. The second-order valence-electron chi connectivity index (χ2n) is 8.79. The molecule has 2 rings (SSSR count). The molecule has 0 aromatic heterocycles. The number of aromatic hydroxyl groups is 2. The molecule has 0 fully saturated rings. The van der Waals surface area contributed by atoms with Gasteiger partial charge in [-0.3, -0.25) is 9.79 Å². The number of hydrogen-bond acceptors (Lipinski definition) is 7. The number of ketones is 1. The highest BCUT2D eigenvalue weighted by Gasteiger charge is 2.15. The van der Waals surface area contributed by atoms with Crippen LogP contribution >= 0.6 is 0 Å². The zero-order valence-corrected chi connectivity index (χ0v) is 21.9. The Bertz CT molecular complexity index is 1080. The molecule has 202 valence electrons. The van der Waals surface area contributed by atoms with Crippen LogP contribution in [0.2, 0.25) is 0 Å². The van der Waals surface area contributed by atoms with E-state index in [9.17, 15) is 20.1 Å². The third-order valence-electron chi connectivity index (χ3n) is 5.99. The molecule has 9 heteroatoms. The van der Waals surface area contributed by atoms with E-state index < -0.39 is 6.79 Å². The van der Waals surface area contributed by atoms with E-state index in [0.29, 0.717) is 30.7 Å². The molecule has 1 unspecified atom stereocenters. The van der Waals surface area contributed by atoms with Crippen molar-refractivity contribution < 1.29 is 29.6 Å². The first-order valence-electron chi connectivity index (χ1n) is 12.5. The Morgan fingerprint density at radius 2 is 1.92 bits per heavy atom. The topological polar surface area (TPSA) is 147 Å². The van der Waals surface area contributed by atoms with Crippen molar-refractivity contribution in [1.82, 2.24) is 0 Å². The lowest BCUT2D eigenvalue weighted by Crippen LogP contribution is -2.22. The molecule has 6 N–H and O–H groups in total. The van der Waals surface area contributed by atoms with Gasteiger partial charge in [-0.25, -0.2) is 0 Å². The van der Waals surface area contributed by atoms with Crippen molar-refractivity contribution in [2.45, 2.75) is 51.9 Å². The number of rotatable bonds is 15. The Balaban J connectivity index is 2.16. The van der Waals surface area contributed by atoms with E-state index in [1.165, 1.54) is 14.2 Å². The first-order chi connectivity index (χ1) is 17.8. The van der Waals surface area contributed by atoms with Gasteiger partial charge in [0.25, 0.3) is 0 Å². The number of nitrogens with zero attached hydrogens (tertiary/aromatic N) is 1. The Morgan fingerprint density at radius 3 is 2.59 bits per heavy atom. The van der Waals surface area contributed by atoms with Gasteiger partial charge in [0.15, 0.2) is 41.5 Å². The molecule has 2 aromatic rings. The minimum absolute atomic E-state index is 0.0110. The zero-order chi connectivity index (χ0) is 27.2. The van der Waals surface area contributed by atoms with Crippen LogP contribution in [-0.4, -0.2) is 48.0 Å². The fraction of sp³-hybridized carbons (Fsp3) is 0.429. The fourth-order valence-corrected chi connectivity index (χ4v) is 3.95. The van der Waals surface area contributed by atoms with Crippen LogP contribution in [0, 0.1) is 5.92 Å². The zero-order valence-electron chi connectivity index (χ0n) is 21.9. The number of allylic oxidation sites excluding steroid dienone is 2. The summed E-state index contributed by atoms with van der Waals surface area (Å²) in [5.41, 5.74) is 7.85. The van der Waals surface area contributed by atoms with E-state index in [2.05, 4.69) is 17.2 Å². The van der Waals surface area contributed by atoms with Gasteiger partial charge in [0.05, 0.1) is 12.8 Å². The lowest BCUT2D eigenvalue weighted by Gasteiger charge is -2.17. The molecule has 37 heavy (non-hydrogen) atoms. The van der Waals surface area contributed by atoms with Gasteiger partial charge in [-0.1, -0.05) is 38.3 Å². The molecule has 0 bridgehead atoms. The summed E-state index contributed by atoms with van der Waals surface area (Å²) in [5.74, 6) is 0.621. The third kappa shape index (κ3) is 9.69. The highest BCUT2D eigenvalue weighted by atomic mass is 16.6. The van der Waals surface area contributed by atoms with Crippen molar-refractivity contribution in [3.8, 4) is 23.0 Å². The normalized spacial score (nSPS) is 12.5. The largest absolute Gasteiger partial charge is 0.504 e. The van der Waals surface area contributed by atoms with Crippen LogP contribution in [0.3, 0.4) is 0 Å². The number of methoxy groups -OCH3 is 1. The van der Waals surface area contributed by atoms with Crippen LogP contribution in [0.15, 0.2) is 47.5 Å². The number of nitrogens with one attached hydrogen (secondary N) is 1. The average Bonchev–Trinajstić information content (AvgIpc) is 2.89. The molecule has 0 heterocycles. The Morgan fingerprint density at radius 1 is 1.16 bits per heavy atom. The fourth-order valence-electron chi connectivity index (χ4n) is 3.95. The van der Waals surface area contributed by atoms with Crippen LogP contribution in [0.5, 0.6) is 23.0 Å². The summed E-state index contributed by atoms with van der Waals surface area (Å²) in [6.45, 7) is 1.55. The monoisotopic (exact) mass is 513 g/mol. The number of phenolic OH excluding ortho intramolecular Hbond substituents is 2. The van der Waals surface area contributed by atoms with Gasteiger partial charge < -0.3 is 35.8 Å². The van der Waals surface area contributed by atoms with Crippen molar-refractivity contribution in [1.29, 1.82) is 0 Å². The van der Waals surface area contributed by atoms with Gasteiger partial charge in [-0.15, -0.1) is 0 Å². The first-order valence-corrected chi connectivity index (χ1v) is 12.5. The number of hydrogen-bond donors (Lipinski definition) is 5. The lowest BCUT2D eigenvalue weighted by molar-refractivity contribution is -0.114. The summed E-state index contributed by atoms with van der Waals surface area (Å²) in [5, 5.41) is 32.3. The highest BCUT2D eigenvalue weighted by Crippen LogP contribution is 2.37. The van der Waals surface area contributed by atoms with Crippen molar-refractivity contribution in [2.24, 2.45) is 16.6 Å². The highest BCUT2D eigenvalue weighted by molar-refractivity contribution is 5.94. The molecule has 0 aliphatic carbocycles. The van der Waals surface area contributed by atoms with Gasteiger partial charge >= 0.3 is 0 Å². The Labute approximate surface area is 218 Å². The molecule has 0 spiro atoms. The summed E-state index contributed by atoms with van der Waals surface area (Å²) in [7, 11) is 3.02. The standard InChI is InChI=1S/C28H39N3O6/c1-4-5-6-7-19(8-11-22(33)12-9-20-10-13-24(34)25(16-20)36-3)14-21-15-23(31-28(29)30-2)27(35)26(17-21)37-18-32/h8,10-11,13,15-17,19,32,34-35H,4-7,9,12,14,18H2,1-3H3,(H3,29,30,31). The lowest BCUT2D eigenvalue weighted by atomic mass is 9.92. The minimum Gasteiger partial charge on any atom is -0.504 e. The second kappa shape index (κ2) is 15.4. The molecule has 9 nitrogen and oxygen atoms in total. The maximum atomic E-state index is 12.6. The van der Waals surface area contributed by atoms with Crippen molar-refractivity contribution in [3.05, 3.63) is 53.6 Å². The first kappa shape index (κ1) is 29.5. The van der Waals surface area contributed by atoms with Crippen LogP contribution in [-0.2, 0) is 17.6 Å². The average molecular weight is 514 g/mol. The SMILES string of the molecule is CCCCCC(C=CC(=O)CCc1ccc(O)c(OC)c1)Cc1cc(NC(N)=NC)c(O)c(OCO)c1. The minimum atomic E-state index is -0.588. The number of aryl methyl sites for hydroxylation is 1. The number of guanidine groups is 1. The van der Waals surface area contributed by atoms with Gasteiger partial charge in [0.1, 0.15) is 0 Å². The van der Waals surface area contributed by atoms with E-state index in [-0.39, 0.29) is 34.9 Å². The Hall–Kier alpha value is -3.72. The molecule has 2 aromatic carbocycles. The molecular formula is C28H39N3O6. The molecule has 1 atom stereocenters. The summed E-state index contributed by atoms with van der Waals surface area (Å²) in [6, 6.07) is 8.52. The van der Waals surface area contributed by atoms with Gasteiger partial charge in [0.2, 0.25) is 0 Å². The third-order valence-corrected chi connectivity index (χ3v) is 5.99. The summed E-state index contributed by atoms with van der Waals surface area (Å²) in [4.78, 5) is 16.5. The smallest absolute Gasteiger partial charge is 0.192 e.